The summed E-state index contributed by atoms with van der Waals surface area (Å²) in [6.07, 6.45) is 4.34. The lowest BCUT2D eigenvalue weighted by atomic mass is 9.99. The Morgan fingerprint density at radius 2 is 1.96 bits per heavy atom. The summed E-state index contributed by atoms with van der Waals surface area (Å²) in [5, 5.41) is 3.31. The number of carbonyl (C=O) groups excluding carboxylic acids is 1. The van der Waals surface area contributed by atoms with Gasteiger partial charge in [0.1, 0.15) is 17.3 Å². The van der Waals surface area contributed by atoms with Gasteiger partial charge in [0.2, 0.25) is 0 Å². The molecule has 0 saturated carbocycles. The molecule has 1 atom stereocenters. The van der Waals surface area contributed by atoms with Crippen LogP contribution in [0, 0.1) is 6.92 Å². The van der Waals surface area contributed by atoms with Crippen LogP contribution >= 0.6 is 0 Å². The number of amides is 1. The average molecular weight is 367 g/mol. The first kappa shape index (κ1) is 19.3. The normalized spacial score (nSPS) is 17.2. The monoisotopic (exact) mass is 366 g/mol. The van der Waals surface area contributed by atoms with Crippen molar-refractivity contribution < 1.29 is 4.79 Å². The van der Waals surface area contributed by atoms with Gasteiger partial charge >= 0.3 is 0 Å². The smallest absolute Gasteiger partial charge is 0.272 e. The number of nitrogens with one attached hydrogen (secondary N) is 1. The highest BCUT2D eigenvalue weighted by Crippen LogP contribution is 2.23. The molecule has 1 aromatic heterocycles. The fourth-order valence-corrected chi connectivity index (χ4v) is 3.68. The second-order valence-electron chi connectivity index (χ2n) is 7.64. The lowest BCUT2D eigenvalue weighted by molar-refractivity contribution is 0.0601. The third-order valence-corrected chi connectivity index (χ3v) is 5.27. The zero-order valence-corrected chi connectivity index (χ0v) is 16.8. The van der Waals surface area contributed by atoms with Gasteiger partial charge in [0, 0.05) is 24.3 Å². The zero-order valence-electron chi connectivity index (χ0n) is 16.8. The molecule has 144 valence electrons. The summed E-state index contributed by atoms with van der Waals surface area (Å²) in [6, 6.07) is 10.4. The van der Waals surface area contributed by atoms with Crippen molar-refractivity contribution in [3.63, 3.8) is 0 Å². The molecule has 0 radical (unpaired) electrons. The highest BCUT2D eigenvalue weighted by molar-refractivity contribution is 5.93. The highest BCUT2D eigenvalue weighted by atomic mass is 16.2. The Balaban J connectivity index is 1.80. The van der Waals surface area contributed by atoms with E-state index in [9.17, 15) is 4.79 Å². The maximum absolute atomic E-state index is 13.1. The van der Waals surface area contributed by atoms with Crippen LogP contribution in [0.3, 0.4) is 0 Å². The van der Waals surface area contributed by atoms with Gasteiger partial charge in [0.25, 0.3) is 5.91 Å². The molecule has 1 unspecified atom stereocenters. The van der Waals surface area contributed by atoms with Gasteiger partial charge in [-0.1, -0.05) is 32.9 Å². The van der Waals surface area contributed by atoms with Gasteiger partial charge in [-0.25, -0.2) is 9.97 Å². The van der Waals surface area contributed by atoms with E-state index in [-0.39, 0.29) is 5.91 Å². The van der Waals surface area contributed by atoms with E-state index in [4.69, 9.17) is 0 Å². The summed E-state index contributed by atoms with van der Waals surface area (Å²) >= 11 is 0. The van der Waals surface area contributed by atoms with Crippen molar-refractivity contribution >= 4 is 17.4 Å². The molecule has 1 aliphatic heterocycles. The lowest BCUT2D eigenvalue weighted by Gasteiger charge is -2.35. The fourth-order valence-electron chi connectivity index (χ4n) is 3.68. The average Bonchev–Trinajstić information content (AvgIpc) is 2.67. The van der Waals surface area contributed by atoms with E-state index in [0.29, 0.717) is 29.3 Å². The van der Waals surface area contributed by atoms with Crippen molar-refractivity contribution in [2.75, 3.05) is 11.9 Å². The molecular weight excluding hydrogens is 336 g/mol. The van der Waals surface area contributed by atoms with E-state index in [0.717, 1.165) is 31.5 Å². The molecule has 2 aromatic rings. The molecule has 1 aliphatic rings. The van der Waals surface area contributed by atoms with Crippen molar-refractivity contribution in [2.45, 2.75) is 65.3 Å². The standard InChI is InChI=1S/C22H30N4O/c1-5-19-8-6-7-13-26(19)22(27)20-14-21(24-16(4)23-20)25-18-11-9-17(10-12-18)15(2)3/h9-12,14-15,19H,5-8,13H2,1-4H3,(H,23,24,25). The molecule has 3 rings (SSSR count). The van der Waals surface area contributed by atoms with Crippen LogP contribution < -0.4 is 5.32 Å². The Morgan fingerprint density at radius 1 is 1.22 bits per heavy atom. The van der Waals surface area contributed by atoms with Gasteiger partial charge in [-0.2, -0.15) is 0 Å². The number of anilines is 2. The van der Waals surface area contributed by atoms with E-state index in [1.54, 1.807) is 6.07 Å². The molecule has 1 saturated heterocycles. The van der Waals surface area contributed by atoms with Crippen LogP contribution in [-0.2, 0) is 0 Å². The van der Waals surface area contributed by atoms with Crippen molar-refractivity contribution in [1.82, 2.24) is 14.9 Å². The van der Waals surface area contributed by atoms with Crippen LogP contribution in [0.2, 0.25) is 0 Å². The maximum Gasteiger partial charge on any atom is 0.272 e. The molecule has 0 spiro atoms. The van der Waals surface area contributed by atoms with Crippen LogP contribution in [-0.4, -0.2) is 33.4 Å². The highest BCUT2D eigenvalue weighted by Gasteiger charge is 2.27. The summed E-state index contributed by atoms with van der Waals surface area (Å²) in [6.45, 7) is 9.16. The predicted molar refractivity (Wildman–Crippen MR) is 110 cm³/mol. The Hall–Kier alpha value is -2.43. The number of likely N-dealkylation sites (tertiary alicyclic amines) is 1. The first-order chi connectivity index (χ1) is 13.0. The quantitative estimate of drug-likeness (QED) is 0.804. The van der Waals surface area contributed by atoms with Crippen LogP contribution in [0.5, 0.6) is 0 Å². The van der Waals surface area contributed by atoms with Crippen molar-refractivity contribution in [2.24, 2.45) is 0 Å². The summed E-state index contributed by atoms with van der Waals surface area (Å²) < 4.78 is 0. The van der Waals surface area contributed by atoms with Crippen molar-refractivity contribution in [1.29, 1.82) is 0 Å². The minimum Gasteiger partial charge on any atom is -0.340 e. The number of aromatic nitrogens is 2. The molecule has 2 heterocycles. The van der Waals surface area contributed by atoms with Crippen LogP contribution in [0.25, 0.3) is 0 Å². The molecule has 1 amide bonds. The molecule has 0 aliphatic carbocycles. The minimum absolute atomic E-state index is 0.0188. The molecule has 1 fully saturated rings. The summed E-state index contributed by atoms with van der Waals surface area (Å²) in [5.74, 6) is 1.78. The first-order valence-electron chi connectivity index (χ1n) is 10.0. The largest absolute Gasteiger partial charge is 0.340 e. The van der Waals surface area contributed by atoms with Gasteiger partial charge in [-0.15, -0.1) is 0 Å². The van der Waals surface area contributed by atoms with E-state index in [1.165, 1.54) is 12.0 Å². The number of carbonyl (C=O) groups is 1. The van der Waals surface area contributed by atoms with Gasteiger partial charge in [-0.3, -0.25) is 4.79 Å². The third-order valence-electron chi connectivity index (χ3n) is 5.27. The van der Waals surface area contributed by atoms with Gasteiger partial charge in [0.15, 0.2) is 0 Å². The molecule has 27 heavy (non-hydrogen) atoms. The van der Waals surface area contributed by atoms with Crippen LogP contribution in [0.15, 0.2) is 30.3 Å². The Kier molecular flexibility index (Phi) is 6.09. The van der Waals surface area contributed by atoms with Gasteiger partial charge in [0.05, 0.1) is 0 Å². The number of nitrogens with zero attached hydrogens (tertiary/aromatic N) is 3. The predicted octanol–water partition coefficient (Wildman–Crippen LogP) is 5.06. The van der Waals surface area contributed by atoms with Crippen molar-refractivity contribution in [3.05, 3.63) is 47.4 Å². The molecule has 1 aromatic carbocycles. The fraction of sp³-hybridized carbons (Fsp3) is 0.500. The second-order valence-corrected chi connectivity index (χ2v) is 7.64. The Morgan fingerprint density at radius 3 is 2.63 bits per heavy atom. The number of hydrogen-bond acceptors (Lipinski definition) is 4. The molecule has 1 N–H and O–H groups in total. The second kappa shape index (κ2) is 8.51. The molecule has 5 nitrogen and oxygen atoms in total. The Bertz CT molecular complexity index is 785. The molecular formula is C22H30N4O. The van der Waals surface area contributed by atoms with Crippen LogP contribution in [0.4, 0.5) is 11.5 Å². The summed E-state index contributed by atoms with van der Waals surface area (Å²) in [5.41, 5.74) is 2.73. The lowest BCUT2D eigenvalue weighted by Crippen LogP contribution is -2.43. The summed E-state index contributed by atoms with van der Waals surface area (Å²) in [4.78, 5) is 23.9. The van der Waals surface area contributed by atoms with Crippen LogP contribution in [0.1, 0.15) is 74.2 Å². The number of rotatable bonds is 5. The number of piperidine rings is 1. The third kappa shape index (κ3) is 4.65. The first-order valence-corrected chi connectivity index (χ1v) is 10.0. The van der Waals surface area contributed by atoms with E-state index < -0.39 is 0 Å². The zero-order chi connectivity index (χ0) is 19.4. The van der Waals surface area contributed by atoms with Gasteiger partial charge < -0.3 is 10.2 Å². The number of aryl methyl sites for hydroxylation is 1. The van der Waals surface area contributed by atoms with Gasteiger partial charge in [-0.05, 0) is 56.2 Å². The van der Waals surface area contributed by atoms with E-state index in [1.807, 2.05) is 24.0 Å². The van der Waals surface area contributed by atoms with Crippen molar-refractivity contribution in [3.8, 4) is 0 Å². The topological polar surface area (TPSA) is 58.1 Å². The molecule has 0 bridgehead atoms. The minimum atomic E-state index is 0.0188. The number of hydrogen-bond donors (Lipinski definition) is 1. The van der Waals surface area contributed by atoms with E-state index >= 15 is 0 Å². The Labute approximate surface area is 162 Å². The maximum atomic E-state index is 13.1. The number of benzene rings is 1. The molecule has 5 heteroatoms. The summed E-state index contributed by atoms with van der Waals surface area (Å²) in [7, 11) is 0. The SMILES string of the molecule is CCC1CCCCN1C(=O)c1cc(Nc2ccc(C(C)C)cc2)nc(C)n1. The van der Waals surface area contributed by atoms with E-state index in [2.05, 4.69) is 48.2 Å².